The summed E-state index contributed by atoms with van der Waals surface area (Å²) >= 11 is 0. The molecule has 0 radical (unpaired) electrons. The Morgan fingerprint density at radius 1 is 1.43 bits per heavy atom. The first-order valence-electron chi connectivity index (χ1n) is 7.66. The summed E-state index contributed by atoms with van der Waals surface area (Å²) in [5.41, 5.74) is 0.914. The van der Waals surface area contributed by atoms with Crippen molar-refractivity contribution < 1.29 is 8.42 Å². The Morgan fingerprint density at radius 3 is 2.86 bits per heavy atom. The molecule has 2 rings (SSSR count). The van der Waals surface area contributed by atoms with Gasteiger partial charge in [0.15, 0.2) is 0 Å². The second kappa shape index (κ2) is 6.87. The predicted octanol–water partition coefficient (Wildman–Crippen LogP) is 1.55. The van der Waals surface area contributed by atoms with Gasteiger partial charge in [-0.2, -0.15) is 0 Å². The van der Waals surface area contributed by atoms with E-state index in [1.54, 1.807) is 0 Å². The van der Waals surface area contributed by atoms with E-state index < -0.39 is 9.84 Å². The number of sulfone groups is 1. The molecule has 7 heteroatoms. The molecule has 1 fully saturated rings. The summed E-state index contributed by atoms with van der Waals surface area (Å²) in [5, 5.41) is 11.5. The third kappa shape index (κ3) is 4.78. The molecule has 120 valence electrons. The average Bonchev–Trinajstić information content (AvgIpc) is 2.86. The molecule has 0 spiro atoms. The summed E-state index contributed by atoms with van der Waals surface area (Å²) in [7, 11) is -2.96. The van der Waals surface area contributed by atoms with Crippen LogP contribution in [0.5, 0.6) is 0 Å². The Bertz CT molecular complexity index is 553. The number of nitrogens with one attached hydrogen (secondary N) is 1. The van der Waals surface area contributed by atoms with E-state index in [0.717, 1.165) is 31.5 Å². The summed E-state index contributed by atoms with van der Waals surface area (Å²) in [6, 6.07) is 0.157. The molecule has 1 aromatic rings. The van der Waals surface area contributed by atoms with Crippen molar-refractivity contribution in [3.05, 3.63) is 11.9 Å². The van der Waals surface area contributed by atoms with Gasteiger partial charge in [0.05, 0.1) is 23.2 Å². The lowest BCUT2D eigenvalue weighted by molar-refractivity contribution is 0.324. The molecular weight excluding hydrogens is 288 g/mol. The Hall–Kier alpha value is -0.950. The maximum Gasteiger partial charge on any atom is 0.150 e. The molecular formula is C14H26N4O2S. The van der Waals surface area contributed by atoms with Gasteiger partial charge in [-0.15, -0.1) is 5.10 Å². The van der Waals surface area contributed by atoms with E-state index in [0.29, 0.717) is 18.9 Å². The second-order valence-corrected chi connectivity index (χ2v) is 8.81. The monoisotopic (exact) mass is 314 g/mol. The summed E-state index contributed by atoms with van der Waals surface area (Å²) < 4.78 is 25.3. The summed E-state index contributed by atoms with van der Waals surface area (Å²) in [6.07, 6.45) is 6.62. The SMILES string of the molecule is CC(C)CNCc1cn(C2CCCC(S(C)(=O)=O)C2)nn1. The van der Waals surface area contributed by atoms with E-state index >= 15 is 0 Å². The molecule has 0 bridgehead atoms. The van der Waals surface area contributed by atoms with Crippen LogP contribution in [0.15, 0.2) is 6.20 Å². The zero-order valence-corrected chi connectivity index (χ0v) is 13.9. The molecule has 6 nitrogen and oxygen atoms in total. The van der Waals surface area contributed by atoms with Crippen LogP contribution in [0, 0.1) is 5.92 Å². The molecule has 1 aliphatic carbocycles. The van der Waals surface area contributed by atoms with E-state index in [4.69, 9.17) is 0 Å². The minimum Gasteiger partial charge on any atom is -0.311 e. The zero-order valence-electron chi connectivity index (χ0n) is 13.1. The minimum absolute atomic E-state index is 0.157. The van der Waals surface area contributed by atoms with Crippen LogP contribution < -0.4 is 5.32 Å². The molecule has 2 atom stereocenters. The van der Waals surface area contributed by atoms with Gasteiger partial charge < -0.3 is 5.32 Å². The fourth-order valence-corrected chi connectivity index (χ4v) is 3.98. The second-order valence-electron chi connectivity index (χ2n) is 6.49. The van der Waals surface area contributed by atoms with E-state index in [1.165, 1.54) is 6.26 Å². The highest BCUT2D eigenvalue weighted by Gasteiger charge is 2.30. The van der Waals surface area contributed by atoms with Crippen LogP contribution >= 0.6 is 0 Å². The van der Waals surface area contributed by atoms with Crippen molar-refractivity contribution in [2.24, 2.45) is 5.92 Å². The van der Waals surface area contributed by atoms with E-state index in [9.17, 15) is 8.42 Å². The number of nitrogens with zero attached hydrogens (tertiary/aromatic N) is 3. The molecule has 1 heterocycles. The zero-order chi connectivity index (χ0) is 15.5. The number of hydrogen-bond donors (Lipinski definition) is 1. The van der Waals surface area contributed by atoms with E-state index in [-0.39, 0.29) is 11.3 Å². The largest absolute Gasteiger partial charge is 0.311 e. The normalized spacial score (nSPS) is 23.6. The standard InChI is InChI=1S/C14H26N4O2S/c1-11(2)8-15-9-12-10-18(17-16-12)13-5-4-6-14(7-13)21(3,19)20/h10-11,13-15H,4-9H2,1-3H3. The van der Waals surface area contributed by atoms with Crippen LogP contribution in [0.1, 0.15) is 51.3 Å². The lowest BCUT2D eigenvalue weighted by atomic mass is 9.95. The molecule has 1 N–H and O–H groups in total. The lowest BCUT2D eigenvalue weighted by Gasteiger charge is -2.27. The Kier molecular flexibility index (Phi) is 5.37. The number of rotatable bonds is 6. The van der Waals surface area contributed by atoms with Crippen molar-refractivity contribution >= 4 is 9.84 Å². The smallest absolute Gasteiger partial charge is 0.150 e. The van der Waals surface area contributed by atoms with Gasteiger partial charge in [-0.25, -0.2) is 13.1 Å². The summed E-state index contributed by atoms with van der Waals surface area (Å²) in [6.45, 7) is 5.99. The van der Waals surface area contributed by atoms with Gasteiger partial charge in [-0.05, 0) is 31.7 Å². The first kappa shape index (κ1) is 16.4. The Morgan fingerprint density at radius 2 is 2.19 bits per heavy atom. The van der Waals surface area contributed by atoms with Crippen molar-refractivity contribution in [3.63, 3.8) is 0 Å². The third-order valence-corrected chi connectivity index (χ3v) is 5.63. The molecule has 0 amide bonds. The Balaban J connectivity index is 1.94. The highest BCUT2D eigenvalue weighted by atomic mass is 32.2. The number of hydrogen-bond acceptors (Lipinski definition) is 5. The van der Waals surface area contributed by atoms with E-state index in [2.05, 4.69) is 29.5 Å². The van der Waals surface area contributed by atoms with Crippen molar-refractivity contribution in [2.45, 2.75) is 57.4 Å². The van der Waals surface area contributed by atoms with Gasteiger partial charge in [0, 0.05) is 12.8 Å². The molecule has 0 aliphatic heterocycles. The summed E-state index contributed by atoms with van der Waals surface area (Å²) in [5.74, 6) is 0.605. The topological polar surface area (TPSA) is 76.9 Å². The van der Waals surface area contributed by atoms with Crippen LogP contribution in [0.25, 0.3) is 0 Å². The van der Waals surface area contributed by atoms with Crippen LogP contribution in [0.2, 0.25) is 0 Å². The Labute approximate surface area is 127 Å². The van der Waals surface area contributed by atoms with Crippen LogP contribution in [-0.2, 0) is 16.4 Å². The fourth-order valence-electron chi connectivity index (χ4n) is 2.81. The van der Waals surface area contributed by atoms with Gasteiger partial charge >= 0.3 is 0 Å². The molecule has 1 aliphatic rings. The maximum atomic E-state index is 11.7. The molecule has 21 heavy (non-hydrogen) atoms. The molecule has 1 saturated carbocycles. The van der Waals surface area contributed by atoms with Crippen LogP contribution in [0.3, 0.4) is 0 Å². The van der Waals surface area contributed by atoms with Crippen molar-refractivity contribution in [1.29, 1.82) is 0 Å². The molecule has 2 unspecified atom stereocenters. The van der Waals surface area contributed by atoms with Crippen molar-refractivity contribution in [3.8, 4) is 0 Å². The molecule has 1 aromatic heterocycles. The van der Waals surface area contributed by atoms with Gasteiger partial charge in [0.2, 0.25) is 0 Å². The first-order valence-corrected chi connectivity index (χ1v) is 9.62. The van der Waals surface area contributed by atoms with Crippen molar-refractivity contribution in [1.82, 2.24) is 20.3 Å². The van der Waals surface area contributed by atoms with Gasteiger partial charge in [-0.1, -0.05) is 25.5 Å². The molecule has 0 saturated heterocycles. The van der Waals surface area contributed by atoms with Crippen LogP contribution in [-0.4, -0.2) is 41.5 Å². The lowest BCUT2D eigenvalue weighted by Crippen LogP contribution is -2.29. The van der Waals surface area contributed by atoms with Gasteiger partial charge in [0.1, 0.15) is 9.84 Å². The minimum atomic E-state index is -2.96. The highest BCUT2D eigenvalue weighted by molar-refractivity contribution is 7.91. The first-order chi connectivity index (χ1) is 9.86. The van der Waals surface area contributed by atoms with Crippen LogP contribution in [0.4, 0.5) is 0 Å². The van der Waals surface area contributed by atoms with Gasteiger partial charge in [0.25, 0.3) is 0 Å². The third-order valence-electron chi connectivity index (χ3n) is 3.99. The van der Waals surface area contributed by atoms with Gasteiger partial charge in [-0.3, -0.25) is 0 Å². The van der Waals surface area contributed by atoms with E-state index in [1.807, 2.05) is 10.9 Å². The quantitative estimate of drug-likeness (QED) is 0.862. The molecule has 0 aromatic carbocycles. The fraction of sp³-hybridized carbons (Fsp3) is 0.857. The summed E-state index contributed by atoms with van der Waals surface area (Å²) in [4.78, 5) is 0. The predicted molar refractivity (Wildman–Crippen MR) is 82.7 cm³/mol. The highest BCUT2D eigenvalue weighted by Crippen LogP contribution is 2.31. The average molecular weight is 314 g/mol. The van der Waals surface area contributed by atoms with Crippen molar-refractivity contribution in [2.75, 3.05) is 12.8 Å². The number of aromatic nitrogens is 3. The maximum absolute atomic E-state index is 11.7.